The van der Waals surface area contributed by atoms with E-state index in [2.05, 4.69) is 4.40 Å². The van der Waals surface area contributed by atoms with Crippen molar-refractivity contribution < 1.29 is 13.7 Å². The third-order valence-corrected chi connectivity index (χ3v) is 4.03. The standard InChI is InChI=1S/C14H19NO3S/c1-12-4-6-13(7-5-12)19(16)15-9-3-8-14(2)17-10-11-18-14/h4-7,9H,3,8,10-11H2,1-2H3. The van der Waals surface area contributed by atoms with Crippen LogP contribution in [0.4, 0.5) is 0 Å². The molecular weight excluding hydrogens is 262 g/mol. The third kappa shape index (κ3) is 4.23. The fourth-order valence-electron chi connectivity index (χ4n) is 1.86. The van der Waals surface area contributed by atoms with Gasteiger partial charge in [-0.2, -0.15) is 4.40 Å². The van der Waals surface area contributed by atoms with Gasteiger partial charge >= 0.3 is 0 Å². The molecule has 0 radical (unpaired) electrons. The van der Waals surface area contributed by atoms with E-state index in [9.17, 15) is 4.21 Å². The minimum atomic E-state index is -1.32. The molecule has 5 heteroatoms. The van der Waals surface area contributed by atoms with Gasteiger partial charge in [0.1, 0.15) is 0 Å². The molecule has 4 nitrogen and oxygen atoms in total. The molecule has 1 aliphatic rings. The van der Waals surface area contributed by atoms with E-state index < -0.39 is 16.8 Å². The Labute approximate surface area is 116 Å². The maximum Gasteiger partial charge on any atom is 0.172 e. The van der Waals surface area contributed by atoms with Gasteiger partial charge in [-0.3, -0.25) is 0 Å². The zero-order chi connectivity index (χ0) is 13.7. The Bertz CT molecular complexity index is 464. The second kappa shape index (κ2) is 6.41. The molecule has 1 heterocycles. The van der Waals surface area contributed by atoms with Crippen LogP contribution >= 0.6 is 0 Å². The summed E-state index contributed by atoms with van der Waals surface area (Å²) in [7, 11) is -1.32. The summed E-state index contributed by atoms with van der Waals surface area (Å²) in [6, 6.07) is 7.55. The van der Waals surface area contributed by atoms with Gasteiger partial charge in [0.25, 0.3) is 0 Å². The summed E-state index contributed by atoms with van der Waals surface area (Å²) in [6.07, 6.45) is 3.10. The molecule has 1 aromatic carbocycles. The first kappa shape index (κ1) is 14.4. The number of rotatable bonds is 5. The zero-order valence-electron chi connectivity index (χ0n) is 11.3. The molecule has 1 atom stereocenters. The van der Waals surface area contributed by atoms with Crippen molar-refractivity contribution in [2.24, 2.45) is 4.40 Å². The topological polar surface area (TPSA) is 47.9 Å². The fraction of sp³-hybridized carbons (Fsp3) is 0.500. The van der Waals surface area contributed by atoms with Crippen LogP contribution in [0, 0.1) is 6.92 Å². The second-order valence-corrected chi connectivity index (χ2v) is 5.90. The van der Waals surface area contributed by atoms with E-state index in [0.29, 0.717) is 19.6 Å². The Hall–Kier alpha value is -1.04. The van der Waals surface area contributed by atoms with Crippen LogP contribution in [0.15, 0.2) is 33.6 Å². The minimum absolute atomic E-state index is 0.503. The number of hydrogen-bond acceptors (Lipinski definition) is 3. The SMILES string of the molecule is Cc1ccc(S(=O)N=CCCC2(C)OCCO2)cc1. The predicted octanol–water partition coefficient (Wildman–Crippen LogP) is 2.63. The number of aryl methyl sites for hydroxylation is 1. The lowest BCUT2D eigenvalue weighted by molar-refractivity contribution is -0.144. The normalized spacial score (nSPS) is 19.9. The van der Waals surface area contributed by atoms with Crippen molar-refractivity contribution in [2.45, 2.75) is 37.4 Å². The first-order valence-corrected chi connectivity index (χ1v) is 7.49. The van der Waals surface area contributed by atoms with Gasteiger partial charge in [-0.1, -0.05) is 17.7 Å². The molecule has 0 aliphatic carbocycles. The summed E-state index contributed by atoms with van der Waals surface area (Å²) >= 11 is 0. The summed E-state index contributed by atoms with van der Waals surface area (Å²) in [5, 5.41) is 0. The van der Waals surface area contributed by atoms with Crippen molar-refractivity contribution in [1.29, 1.82) is 0 Å². The van der Waals surface area contributed by atoms with E-state index >= 15 is 0 Å². The third-order valence-electron chi connectivity index (χ3n) is 3.02. The van der Waals surface area contributed by atoms with Crippen molar-refractivity contribution in [2.75, 3.05) is 13.2 Å². The van der Waals surface area contributed by atoms with Crippen molar-refractivity contribution in [3.05, 3.63) is 29.8 Å². The molecule has 2 rings (SSSR count). The zero-order valence-corrected chi connectivity index (χ0v) is 12.1. The summed E-state index contributed by atoms with van der Waals surface area (Å²) < 4.78 is 26.9. The van der Waals surface area contributed by atoms with E-state index in [-0.39, 0.29) is 0 Å². The van der Waals surface area contributed by atoms with E-state index in [1.165, 1.54) is 0 Å². The summed E-state index contributed by atoms with van der Waals surface area (Å²) in [5.74, 6) is -0.503. The van der Waals surface area contributed by atoms with Gasteiger partial charge in [0.05, 0.1) is 18.1 Å². The lowest BCUT2D eigenvalue weighted by Crippen LogP contribution is -2.25. The molecule has 0 aromatic heterocycles. The summed E-state index contributed by atoms with van der Waals surface area (Å²) in [4.78, 5) is 0.724. The first-order chi connectivity index (χ1) is 9.09. The summed E-state index contributed by atoms with van der Waals surface area (Å²) in [5.41, 5.74) is 1.15. The molecule has 19 heavy (non-hydrogen) atoms. The molecule has 1 unspecified atom stereocenters. The molecule has 1 aromatic rings. The minimum Gasteiger partial charge on any atom is -0.348 e. The number of benzene rings is 1. The average molecular weight is 281 g/mol. The van der Waals surface area contributed by atoms with Crippen LogP contribution in [0.25, 0.3) is 0 Å². The highest BCUT2D eigenvalue weighted by molar-refractivity contribution is 7.83. The smallest absolute Gasteiger partial charge is 0.172 e. The fourth-order valence-corrected chi connectivity index (χ4v) is 2.60. The number of nitrogens with zero attached hydrogens (tertiary/aromatic N) is 1. The van der Waals surface area contributed by atoms with Crippen LogP contribution in [0.5, 0.6) is 0 Å². The molecule has 0 saturated carbocycles. The van der Waals surface area contributed by atoms with Crippen molar-refractivity contribution >= 4 is 17.2 Å². The largest absolute Gasteiger partial charge is 0.348 e. The van der Waals surface area contributed by atoms with Gasteiger partial charge in [0.2, 0.25) is 0 Å². The monoisotopic (exact) mass is 281 g/mol. The molecule has 0 amide bonds. The van der Waals surface area contributed by atoms with Gasteiger partial charge in [0.15, 0.2) is 16.8 Å². The number of ether oxygens (including phenoxy) is 2. The molecule has 1 saturated heterocycles. The lowest BCUT2D eigenvalue weighted by atomic mass is 10.2. The van der Waals surface area contributed by atoms with Gasteiger partial charge in [0, 0.05) is 12.6 Å². The van der Waals surface area contributed by atoms with E-state index in [1.54, 1.807) is 6.21 Å². The molecule has 0 spiro atoms. The van der Waals surface area contributed by atoms with Crippen LogP contribution in [-0.2, 0) is 20.5 Å². The van der Waals surface area contributed by atoms with E-state index in [0.717, 1.165) is 16.9 Å². The van der Waals surface area contributed by atoms with Gasteiger partial charge in [-0.05, 0) is 32.4 Å². The second-order valence-electron chi connectivity index (χ2n) is 4.72. The molecule has 0 N–H and O–H groups in total. The Morgan fingerprint density at radius 2 is 1.95 bits per heavy atom. The average Bonchev–Trinajstić information content (AvgIpc) is 2.83. The maximum absolute atomic E-state index is 11.9. The van der Waals surface area contributed by atoms with Crippen LogP contribution in [0.2, 0.25) is 0 Å². The molecule has 0 bridgehead atoms. The summed E-state index contributed by atoms with van der Waals surface area (Å²) in [6.45, 7) is 5.20. The Kier molecular flexibility index (Phi) is 4.85. The first-order valence-electron chi connectivity index (χ1n) is 6.38. The molecule has 1 fully saturated rings. The van der Waals surface area contributed by atoms with E-state index in [4.69, 9.17) is 9.47 Å². The lowest BCUT2D eigenvalue weighted by Gasteiger charge is -2.20. The van der Waals surface area contributed by atoms with Crippen LogP contribution in [-0.4, -0.2) is 29.4 Å². The highest BCUT2D eigenvalue weighted by Crippen LogP contribution is 2.23. The van der Waals surface area contributed by atoms with Crippen molar-refractivity contribution in [3.8, 4) is 0 Å². The quantitative estimate of drug-likeness (QED) is 0.780. The molecule has 104 valence electrons. The molecular formula is C14H19NO3S. The Morgan fingerprint density at radius 3 is 2.58 bits per heavy atom. The molecule has 1 aliphatic heterocycles. The Morgan fingerprint density at radius 1 is 1.32 bits per heavy atom. The van der Waals surface area contributed by atoms with Gasteiger partial charge < -0.3 is 9.47 Å². The van der Waals surface area contributed by atoms with E-state index in [1.807, 2.05) is 38.1 Å². The maximum atomic E-state index is 11.9. The van der Waals surface area contributed by atoms with Crippen LogP contribution in [0.3, 0.4) is 0 Å². The van der Waals surface area contributed by atoms with Crippen molar-refractivity contribution in [3.63, 3.8) is 0 Å². The van der Waals surface area contributed by atoms with Crippen molar-refractivity contribution in [1.82, 2.24) is 0 Å². The van der Waals surface area contributed by atoms with Gasteiger partial charge in [-0.15, -0.1) is 0 Å². The number of hydrogen-bond donors (Lipinski definition) is 0. The predicted molar refractivity (Wildman–Crippen MR) is 75.6 cm³/mol. The Balaban J connectivity index is 1.82. The highest BCUT2D eigenvalue weighted by atomic mass is 32.2. The van der Waals surface area contributed by atoms with Crippen LogP contribution in [0.1, 0.15) is 25.3 Å². The highest BCUT2D eigenvalue weighted by Gasteiger charge is 2.29. The van der Waals surface area contributed by atoms with Gasteiger partial charge in [-0.25, -0.2) is 4.21 Å². The van der Waals surface area contributed by atoms with Crippen LogP contribution < -0.4 is 0 Å².